The van der Waals surface area contributed by atoms with Crippen molar-refractivity contribution in [3.8, 4) is 17.2 Å². The van der Waals surface area contributed by atoms with Gasteiger partial charge in [0.15, 0.2) is 17.2 Å². The van der Waals surface area contributed by atoms with E-state index in [2.05, 4.69) is 21.2 Å². The van der Waals surface area contributed by atoms with Crippen LogP contribution in [-0.4, -0.2) is 19.3 Å². The molecule has 22 heavy (non-hydrogen) atoms. The van der Waals surface area contributed by atoms with Crippen molar-refractivity contribution < 1.29 is 14.6 Å². The Labute approximate surface area is 147 Å². The number of ether oxygens (including phenoxy) is 2. The van der Waals surface area contributed by atoms with Crippen molar-refractivity contribution in [2.45, 2.75) is 6.54 Å². The Morgan fingerprint density at radius 1 is 1.09 bits per heavy atom. The van der Waals surface area contributed by atoms with Crippen molar-refractivity contribution in [3.63, 3.8) is 0 Å². The summed E-state index contributed by atoms with van der Waals surface area (Å²) in [5, 5.41) is 13.1. The van der Waals surface area contributed by atoms with E-state index >= 15 is 0 Å². The second-order valence-corrected chi connectivity index (χ2v) is 6.17. The van der Waals surface area contributed by atoms with Gasteiger partial charge in [0, 0.05) is 22.3 Å². The number of methoxy groups -OCH3 is 2. The van der Waals surface area contributed by atoms with Crippen molar-refractivity contribution in [2.75, 3.05) is 19.5 Å². The van der Waals surface area contributed by atoms with Gasteiger partial charge in [0.2, 0.25) is 0 Å². The highest BCUT2D eigenvalue weighted by atomic mass is 79.9. The van der Waals surface area contributed by atoms with Gasteiger partial charge in [0.1, 0.15) is 0 Å². The van der Waals surface area contributed by atoms with Gasteiger partial charge in [-0.1, -0.05) is 39.1 Å². The lowest BCUT2D eigenvalue weighted by Crippen LogP contribution is -2.03. The number of aromatic hydroxyl groups is 1. The Kier molecular flexibility index (Phi) is 5.67. The number of rotatable bonds is 5. The highest BCUT2D eigenvalue weighted by Gasteiger charge is 2.12. The zero-order valence-corrected chi connectivity index (χ0v) is 15.0. The molecule has 0 heterocycles. The van der Waals surface area contributed by atoms with Gasteiger partial charge in [-0.2, -0.15) is 0 Å². The number of benzene rings is 2. The third kappa shape index (κ3) is 3.72. The van der Waals surface area contributed by atoms with E-state index in [1.165, 1.54) is 0 Å². The average Bonchev–Trinajstić information content (AvgIpc) is 2.49. The van der Waals surface area contributed by atoms with Gasteiger partial charge in [-0.25, -0.2) is 0 Å². The van der Waals surface area contributed by atoms with Crippen LogP contribution in [0.3, 0.4) is 0 Å². The van der Waals surface area contributed by atoms with Gasteiger partial charge in [-0.15, -0.1) is 0 Å². The van der Waals surface area contributed by atoms with Crippen LogP contribution in [0.25, 0.3) is 0 Å². The molecule has 2 N–H and O–H groups in total. The summed E-state index contributed by atoms with van der Waals surface area (Å²) in [6, 6.07) is 6.96. The van der Waals surface area contributed by atoms with E-state index in [-0.39, 0.29) is 15.8 Å². The highest BCUT2D eigenvalue weighted by molar-refractivity contribution is 9.10. The minimum atomic E-state index is -0.129. The SMILES string of the molecule is COc1cc(Br)cc(CNc2cc(Cl)c(O)c(Cl)c2)c1OC. The minimum absolute atomic E-state index is 0.129. The van der Waals surface area contributed by atoms with Crippen LogP contribution in [0.15, 0.2) is 28.7 Å². The monoisotopic (exact) mass is 405 g/mol. The summed E-state index contributed by atoms with van der Waals surface area (Å²) in [5.74, 6) is 1.15. The lowest BCUT2D eigenvalue weighted by atomic mass is 10.1. The molecule has 118 valence electrons. The van der Waals surface area contributed by atoms with E-state index in [1.807, 2.05) is 12.1 Å². The highest BCUT2D eigenvalue weighted by Crippen LogP contribution is 2.37. The van der Waals surface area contributed by atoms with Crippen molar-refractivity contribution in [1.29, 1.82) is 0 Å². The summed E-state index contributed by atoms with van der Waals surface area (Å²) >= 11 is 15.2. The van der Waals surface area contributed by atoms with Crippen molar-refractivity contribution in [1.82, 2.24) is 0 Å². The molecule has 7 heteroatoms. The number of anilines is 1. The van der Waals surface area contributed by atoms with Gasteiger partial charge in [-0.05, 0) is 24.3 Å². The van der Waals surface area contributed by atoms with Crippen LogP contribution in [0.4, 0.5) is 5.69 Å². The third-order valence-electron chi connectivity index (χ3n) is 3.02. The fourth-order valence-electron chi connectivity index (χ4n) is 2.00. The maximum absolute atomic E-state index is 9.57. The normalized spacial score (nSPS) is 10.4. The van der Waals surface area contributed by atoms with Crippen LogP contribution in [0.5, 0.6) is 17.2 Å². The van der Waals surface area contributed by atoms with Gasteiger partial charge in [0.25, 0.3) is 0 Å². The number of halogens is 3. The van der Waals surface area contributed by atoms with E-state index < -0.39 is 0 Å². The molecule has 0 saturated heterocycles. The average molecular weight is 407 g/mol. The quantitative estimate of drug-likeness (QED) is 0.679. The summed E-state index contributed by atoms with van der Waals surface area (Å²) in [6.45, 7) is 0.469. The van der Waals surface area contributed by atoms with Gasteiger partial charge in [0.05, 0.1) is 24.3 Å². The van der Waals surface area contributed by atoms with Crippen molar-refractivity contribution >= 4 is 44.8 Å². The fourth-order valence-corrected chi connectivity index (χ4v) is 2.97. The Morgan fingerprint density at radius 2 is 1.73 bits per heavy atom. The predicted octanol–water partition coefficient (Wildman–Crippen LogP) is 5.09. The molecule has 0 unspecified atom stereocenters. The van der Waals surface area contributed by atoms with E-state index in [0.29, 0.717) is 23.7 Å². The molecule has 0 saturated carbocycles. The lowest BCUT2D eigenvalue weighted by Gasteiger charge is -2.15. The van der Waals surface area contributed by atoms with Crippen LogP contribution in [0.2, 0.25) is 10.0 Å². The molecular weight excluding hydrogens is 393 g/mol. The first-order chi connectivity index (χ1) is 10.5. The number of hydrogen-bond donors (Lipinski definition) is 2. The topological polar surface area (TPSA) is 50.7 Å². The summed E-state index contributed by atoms with van der Waals surface area (Å²) in [6.07, 6.45) is 0. The lowest BCUT2D eigenvalue weighted by molar-refractivity contribution is 0.352. The van der Waals surface area contributed by atoms with Crippen molar-refractivity contribution in [2.24, 2.45) is 0 Å². The number of phenols is 1. The second kappa shape index (κ2) is 7.31. The summed E-state index contributed by atoms with van der Waals surface area (Å²) < 4.78 is 11.6. The summed E-state index contributed by atoms with van der Waals surface area (Å²) in [4.78, 5) is 0. The Balaban J connectivity index is 2.26. The first kappa shape index (κ1) is 17.1. The molecule has 2 rings (SSSR count). The van der Waals surface area contributed by atoms with Gasteiger partial charge in [-0.3, -0.25) is 0 Å². The number of nitrogens with one attached hydrogen (secondary N) is 1. The van der Waals surface area contributed by atoms with Gasteiger partial charge < -0.3 is 19.9 Å². The molecule has 4 nitrogen and oxygen atoms in total. The molecule has 0 spiro atoms. The van der Waals surface area contributed by atoms with Crippen LogP contribution < -0.4 is 14.8 Å². The second-order valence-electron chi connectivity index (χ2n) is 4.44. The molecular formula is C15H14BrCl2NO3. The molecule has 2 aromatic carbocycles. The van der Waals surface area contributed by atoms with Crippen LogP contribution in [0.1, 0.15) is 5.56 Å². The van der Waals surface area contributed by atoms with Crippen LogP contribution >= 0.6 is 39.1 Å². The smallest absolute Gasteiger partial charge is 0.165 e. The first-order valence-electron chi connectivity index (χ1n) is 6.28. The molecule has 0 fully saturated rings. The third-order valence-corrected chi connectivity index (χ3v) is 4.05. The van der Waals surface area contributed by atoms with E-state index in [4.69, 9.17) is 32.7 Å². The minimum Gasteiger partial charge on any atom is -0.505 e. The molecule has 0 aliphatic heterocycles. The number of phenolic OH excluding ortho intramolecular Hbond substituents is 1. The molecule has 0 aliphatic carbocycles. The van der Waals surface area contributed by atoms with Crippen molar-refractivity contribution in [3.05, 3.63) is 44.3 Å². The summed E-state index contributed by atoms with van der Waals surface area (Å²) in [5.41, 5.74) is 1.59. The molecule has 0 atom stereocenters. The maximum atomic E-state index is 9.57. The van der Waals surface area contributed by atoms with E-state index in [0.717, 1.165) is 10.0 Å². The van der Waals surface area contributed by atoms with E-state index in [9.17, 15) is 5.11 Å². The molecule has 0 aromatic heterocycles. The predicted molar refractivity (Wildman–Crippen MR) is 92.7 cm³/mol. The summed E-state index contributed by atoms with van der Waals surface area (Å²) in [7, 11) is 3.17. The largest absolute Gasteiger partial charge is 0.505 e. The Hall–Kier alpha value is -1.30. The van der Waals surface area contributed by atoms with Gasteiger partial charge >= 0.3 is 0 Å². The zero-order chi connectivity index (χ0) is 16.3. The maximum Gasteiger partial charge on any atom is 0.165 e. The zero-order valence-electron chi connectivity index (χ0n) is 11.9. The van der Waals surface area contributed by atoms with Crippen LogP contribution in [0, 0.1) is 0 Å². The number of hydrogen-bond acceptors (Lipinski definition) is 4. The first-order valence-corrected chi connectivity index (χ1v) is 7.83. The van der Waals surface area contributed by atoms with Crippen LogP contribution in [-0.2, 0) is 6.54 Å². The van der Waals surface area contributed by atoms with E-state index in [1.54, 1.807) is 26.4 Å². The molecule has 2 aromatic rings. The molecule has 0 aliphatic rings. The molecule has 0 radical (unpaired) electrons. The molecule has 0 amide bonds. The standard InChI is InChI=1S/C15H14BrCl2NO3/c1-21-13-4-9(16)3-8(15(13)22-2)7-19-10-5-11(17)14(20)12(18)6-10/h3-6,19-20H,7H2,1-2H3. The molecule has 0 bridgehead atoms. The fraction of sp³-hybridized carbons (Fsp3) is 0.200. The Morgan fingerprint density at radius 3 is 2.27 bits per heavy atom. The Bertz CT molecular complexity index is 672.